The molecule has 0 aliphatic rings. The molecule has 1 rings (SSSR count). The zero-order valence-corrected chi connectivity index (χ0v) is 10.6. The van der Waals surface area contributed by atoms with Crippen LogP contribution >= 0.6 is 0 Å². The van der Waals surface area contributed by atoms with E-state index in [-0.39, 0.29) is 11.3 Å². The standard InChI is InChI=1S/C12H15F3N2O2/c1-3-17(4-2)19-10-6-5-8(12(13,14)15)7-9(10)11(16)18/h5-7H,3-4H2,1-2H3,(H2,16,18). The number of hydrogen-bond donors (Lipinski definition) is 1. The molecule has 1 aromatic rings. The number of halogens is 3. The molecule has 0 saturated heterocycles. The molecule has 2 N–H and O–H groups in total. The molecule has 1 aromatic carbocycles. The Labute approximate surface area is 108 Å². The van der Waals surface area contributed by atoms with Crippen LogP contribution in [-0.2, 0) is 6.18 Å². The van der Waals surface area contributed by atoms with Gasteiger partial charge in [-0.05, 0) is 32.0 Å². The summed E-state index contributed by atoms with van der Waals surface area (Å²) in [5.41, 5.74) is 3.85. The maximum absolute atomic E-state index is 12.6. The molecule has 0 bridgehead atoms. The molecule has 0 saturated carbocycles. The van der Waals surface area contributed by atoms with Crippen LogP contribution < -0.4 is 10.6 Å². The lowest BCUT2D eigenvalue weighted by Gasteiger charge is -2.20. The first-order chi connectivity index (χ1) is 8.79. The number of nitrogens with zero attached hydrogens (tertiary/aromatic N) is 1. The van der Waals surface area contributed by atoms with Gasteiger partial charge in [0, 0.05) is 13.1 Å². The lowest BCUT2D eigenvalue weighted by atomic mass is 10.1. The Balaban J connectivity index is 3.15. The summed E-state index contributed by atoms with van der Waals surface area (Å²) in [6, 6.07) is 2.65. The molecule has 0 aliphatic heterocycles. The Morgan fingerprint density at radius 1 is 1.32 bits per heavy atom. The fourth-order valence-corrected chi connectivity index (χ4v) is 1.47. The van der Waals surface area contributed by atoms with Crippen LogP contribution in [0.5, 0.6) is 5.75 Å². The van der Waals surface area contributed by atoms with E-state index in [4.69, 9.17) is 10.6 Å². The van der Waals surface area contributed by atoms with Gasteiger partial charge in [0.2, 0.25) is 0 Å². The van der Waals surface area contributed by atoms with Gasteiger partial charge in [-0.3, -0.25) is 4.79 Å². The first-order valence-electron chi connectivity index (χ1n) is 5.73. The fourth-order valence-electron chi connectivity index (χ4n) is 1.47. The summed E-state index contributed by atoms with van der Waals surface area (Å²) >= 11 is 0. The lowest BCUT2D eigenvalue weighted by molar-refractivity contribution is -0.137. The third-order valence-electron chi connectivity index (χ3n) is 2.51. The van der Waals surface area contributed by atoms with Crippen molar-refractivity contribution in [2.75, 3.05) is 13.1 Å². The first-order valence-corrected chi connectivity index (χ1v) is 5.73. The van der Waals surface area contributed by atoms with Crippen LogP contribution in [-0.4, -0.2) is 24.1 Å². The molecule has 19 heavy (non-hydrogen) atoms. The van der Waals surface area contributed by atoms with Gasteiger partial charge in [-0.1, -0.05) is 0 Å². The molecule has 0 radical (unpaired) electrons. The number of carbonyl (C=O) groups is 1. The second-order valence-corrected chi connectivity index (χ2v) is 3.78. The molecule has 0 aromatic heterocycles. The van der Waals surface area contributed by atoms with Crippen LogP contribution in [0.4, 0.5) is 13.2 Å². The van der Waals surface area contributed by atoms with Crippen LogP contribution in [0.3, 0.4) is 0 Å². The van der Waals surface area contributed by atoms with Gasteiger partial charge in [-0.2, -0.15) is 13.2 Å². The van der Waals surface area contributed by atoms with Crippen molar-refractivity contribution in [2.45, 2.75) is 20.0 Å². The number of hydrogen-bond acceptors (Lipinski definition) is 3. The van der Waals surface area contributed by atoms with Crippen molar-refractivity contribution in [1.82, 2.24) is 5.06 Å². The Bertz CT molecular complexity index is 457. The van der Waals surface area contributed by atoms with Crippen molar-refractivity contribution in [3.05, 3.63) is 29.3 Å². The molecule has 0 atom stereocenters. The zero-order valence-electron chi connectivity index (χ0n) is 10.6. The quantitative estimate of drug-likeness (QED) is 0.840. The van der Waals surface area contributed by atoms with E-state index in [0.29, 0.717) is 19.2 Å². The normalized spacial score (nSPS) is 11.7. The lowest BCUT2D eigenvalue weighted by Crippen LogP contribution is -2.28. The van der Waals surface area contributed by atoms with Crippen molar-refractivity contribution in [1.29, 1.82) is 0 Å². The third kappa shape index (κ3) is 3.85. The highest BCUT2D eigenvalue weighted by Crippen LogP contribution is 2.32. The number of alkyl halides is 3. The minimum atomic E-state index is -4.53. The summed E-state index contributed by atoms with van der Waals surface area (Å²) in [7, 11) is 0. The Hall–Kier alpha value is -1.76. The Morgan fingerprint density at radius 2 is 1.89 bits per heavy atom. The molecule has 0 unspecified atom stereocenters. The van der Waals surface area contributed by atoms with Crippen molar-refractivity contribution in [2.24, 2.45) is 5.73 Å². The van der Waals surface area contributed by atoms with Gasteiger partial charge in [-0.25, -0.2) is 0 Å². The van der Waals surface area contributed by atoms with Crippen molar-refractivity contribution in [3.63, 3.8) is 0 Å². The monoisotopic (exact) mass is 276 g/mol. The van der Waals surface area contributed by atoms with Crippen LogP contribution in [0.15, 0.2) is 18.2 Å². The number of carbonyl (C=O) groups excluding carboxylic acids is 1. The predicted molar refractivity (Wildman–Crippen MR) is 63.5 cm³/mol. The van der Waals surface area contributed by atoms with Crippen LogP contribution in [0.2, 0.25) is 0 Å². The van der Waals surface area contributed by atoms with Gasteiger partial charge in [-0.15, -0.1) is 5.06 Å². The van der Waals surface area contributed by atoms with E-state index in [1.165, 1.54) is 5.06 Å². The first kappa shape index (κ1) is 15.3. The van der Waals surface area contributed by atoms with Crippen molar-refractivity contribution < 1.29 is 22.8 Å². The summed E-state index contributed by atoms with van der Waals surface area (Å²) < 4.78 is 37.7. The van der Waals surface area contributed by atoms with Gasteiger partial charge < -0.3 is 10.6 Å². The number of nitrogens with two attached hydrogens (primary N) is 1. The second-order valence-electron chi connectivity index (χ2n) is 3.78. The highest BCUT2D eigenvalue weighted by atomic mass is 19.4. The van der Waals surface area contributed by atoms with E-state index >= 15 is 0 Å². The topological polar surface area (TPSA) is 55.6 Å². The smallest absolute Gasteiger partial charge is 0.405 e. The SMILES string of the molecule is CCN(CC)Oc1ccc(C(F)(F)F)cc1C(N)=O. The van der Waals surface area contributed by atoms with Gasteiger partial charge in [0.1, 0.15) is 0 Å². The Kier molecular flexibility index (Phi) is 4.77. The summed E-state index contributed by atoms with van der Waals surface area (Å²) in [5, 5.41) is 1.50. The van der Waals surface area contributed by atoms with E-state index in [2.05, 4.69) is 0 Å². The predicted octanol–water partition coefficient (Wildman–Crippen LogP) is 2.44. The molecule has 7 heteroatoms. The van der Waals surface area contributed by atoms with Crippen molar-refractivity contribution >= 4 is 5.91 Å². The largest absolute Gasteiger partial charge is 0.416 e. The number of benzene rings is 1. The molecular formula is C12H15F3N2O2. The van der Waals surface area contributed by atoms with E-state index in [9.17, 15) is 18.0 Å². The molecule has 1 amide bonds. The minimum absolute atomic E-state index is 0.0178. The Morgan fingerprint density at radius 3 is 2.32 bits per heavy atom. The minimum Gasteiger partial charge on any atom is -0.405 e. The number of rotatable bonds is 5. The molecule has 0 aliphatic carbocycles. The summed E-state index contributed by atoms with van der Waals surface area (Å²) in [6.45, 7) is 4.68. The number of primary amides is 1. The fraction of sp³-hybridized carbons (Fsp3) is 0.417. The highest BCUT2D eigenvalue weighted by molar-refractivity contribution is 5.95. The van der Waals surface area contributed by atoms with Gasteiger partial charge >= 0.3 is 6.18 Å². The van der Waals surface area contributed by atoms with Crippen LogP contribution in [0, 0.1) is 0 Å². The molecule has 0 spiro atoms. The summed E-state index contributed by atoms with van der Waals surface area (Å²) in [6.07, 6.45) is -4.53. The number of amides is 1. The molecular weight excluding hydrogens is 261 g/mol. The van der Waals surface area contributed by atoms with Gasteiger partial charge in [0.25, 0.3) is 5.91 Å². The maximum atomic E-state index is 12.6. The third-order valence-corrected chi connectivity index (χ3v) is 2.51. The molecule has 4 nitrogen and oxygen atoms in total. The van der Waals surface area contributed by atoms with E-state index in [1.54, 1.807) is 0 Å². The zero-order chi connectivity index (χ0) is 14.6. The van der Waals surface area contributed by atoms with E-state index < -0.39 is 17.6 Å². The van der Waals surface area contributed by atoms with E-state index in [1.807, 2.05) is 13.8 Å². The molecule has 0 fully saturated rings. The average Bonchev–Trinajstić information content (AvgIpc) is 2.34. The molecule has 0 heterocycles. The van der Waals surface area contributed by atoms with Gasteiger partial charge in [0.15, 0.2) is 5.75 Å². The highest BCUT2D eigenvalue weighted by Gasteiger charge is 2.32. The average molecular weight is 276 g/mol. The van der Waals surface area contributed by atoms with Crippen LogP contribution in [0.1, 0.15) is 29.8 Å². The summed E-state index contributed by atoms with van der Waals surface area (Å²) in [5.74, 6) is -0.947. The van der Waals surface area contributed by atoms with E-state index in [0.717, 1.165) is 12.1 Å². The second kappa shape index (κ2) is 5.92. The molecule has 106 valence electrons. The van der Waals surface area contributed by atoms with Crippen LogP contribution in [0.25, 0.3) is 0 Å². The number of hydroxylamine groups is 2. The van der Waals surface area contributed by atoms with Gasteiger partial charge in [0.05, 0.1) is 11.1 Å². The van der Waals surface area contributed by atoms with Crippen molar-refractivity contribution in [3.8, 4) is 5.75 Å². The maximum Gasteiger partial charge on any atom is 0.416 e. The summed E-state index contributed by atoms with van der Waals surface area (Å²) in [4.78, 5) is 16.6.